The van der Waals surface area contributed by atoms with E-state index in [1.165, 1.54) is 11.2 Å². The van der Waals surface area contributed by atoms with E-state index in [-0.39, 0.29) is 11.3 Å². The van der Waals surface area contributed by atoms with E-state index in [1.54, 1.807) is 55.5 Å². The Morgan fingerprint density at radius 2 is 1.87 bits per heavy atom. The van der Waals surface area contributed by atoms with Gasteiger partial charge in [0.1, 0.15) is 17.6 Å². The summed E-state index contributed by atoms with van der Waals surface area (Å²) < 4.78 is 6.44. The van der Waals surface area contributed by atoms with Crippen LogP contribution in [0.1, 0.15) is 28.5 Å². The molecule has 0 spiro atoms. The highest BCUT2D eigenvalue weighted by Gasteiger charge is 2.48. The summed E-state index contributed by atoms with van der Waals surface area (Å²) in [4.78, 5) is 27.5. The van der Waals surface area contributed by atoms with Crippen LogP contribution in [-0.2, 0) is 9.59 Å². The summed E-state index contributed by atoms with van der Waals surface area (Å²) in [6.45, 7) is 3.68. The Labute approximate surface area is 186 Å². The second kappa shape index (κ2) is 7.78. The molecule has 2 aromatic carbocycles. The van der Waals surface area contributed by atoms with E-state index in [1.807, 2.05) is 6.92 Å². The molecule has 1 aromatic heterocycles. The number of amides is 1. The van der Waals surface area contributed by atoms with E-state index in [2.05, 4.69) is 15.9 Å². The lowest BCUT2D eigenvalue weighted by Gasteiger charge is -2.25. The SMILES string of the molecule is Cc1cc(/C(O)=C2/C(=O)C(=O)N(c3ccc(Cl)cc3C)C2c2ccco2)ccc1Br. The lowest BCUT2D eigenvalue weighted by atomic mass is 9.98. The molecule has 5 nitrogen and oxygen atoms in total. The number of Topliss-reactive ketones (excluding diaryl/α,β-unsaturated/α-hetero) is 1. The maximum atomic E-state index is 13.1. The number of aryl methyl sites for hydroxylation is 2. The molecule has 3 aromatic rings. The summed E-state index contributed by atoms with van der Waals surface area (Å²) in [7, 11) is 0. The number of rotatable bonds is 3. The number of aliphatic hydroxyl groups is 1. The van der Waals surface area contributed by atoms with Gasteiger partial charge in [-0.15, -0.1) is 0 Å². The Balaban J connectivity index is 1.95. The molecule has 4 rings (SSSR count). The first kappa shape index (κ1) is 20.4. The number of carbonyl (C=O) groups is 2. The van der Waals surface area contributed by atoms with Crippen LogP contribution in [-0.4, -0.2) is 16.8 Å². The second-order valence-corrected chi connectivity index (χ2v) is 8.37. The molecule has 2 heterocycles. The number of halogens is 2. The van der Waals surface area contributed by atoms with E-state index in [0.29, 0.717) is 22.0 Å². The van der Waals surface area contributed by atoms with Crippen molar-refractivity contribution in [2.75, 3.05) is 4.90 Å². The van der Waals surface area contributed by atoms with E-state index in [4.69, 9.17) is 16.0 Å². The van der Waals surface area contributed by atoms with Crippen molar-refractivity contribution in [2.24, 2.45) is 0 Å². The number of furan rings is 1. The Hall–Kier alpha value is -2.83. The third-order valence-corrected chi connectivity index (χ3v) is 6.23. The minimum atomic E-state index is -0.899. The summed E-state index contributed by atoms with van der Waals surface area (Å²) in [5, 5.41) is 11.6. The van der Waals surface area contributed by atoms with Crippen LogP contribution in [0, 0.1) is 13.8 Å². The van der Waals surface area contributed by atoms with E-state index in [0.717, 1.165) is 15.6 Å². The van der Waals surface area contributed by atoms with Crippen LogP contribution in [0.15, 0.2) is 69.3 Å². The molecule has 0 radical (unpaired) electrons. The van der Waals surface area contributed by atoms with Gasteiger partial charge in [-0.2, -0.15) is 0 Å². The molecular formula is C23H17BrClNO4. The third kappa shape index (κ3) is 3.36. The molecular weight excluding hydrogens is 470 g/mol. The van der Waals surface area contributed by atoms with Crippen LogP contribution >= 0.6 is 27.5 Å². The van der Waals surface area contributed by atoms with Crippen molar-refractivity contribution in [1.82, 2.24) is 0 Å². The minimum Gasteiger partial charge on any atom is -0.507 e. The van der Waals surface area contributed by atoms with Gasteiger partial charge >= 0.3 is 0 Å². The standard InChI is InChI=1S/C23H17BrClNO4/c1-12-10-14(5-7-16(12)24)21(27)19-20(18-4-3-9-30-18)26(23(29)22(19)28)17-8-6-15(25)11-13(17)2/h3-11,20,27H,1-2H3/b21-19-. The summed E-state index contributed by atoms with van der Waals surface area (Å²) in [6.07, 6.45) is 1.47. The van der Waals surface area contributed by atoms with Crippen molar-refractivity contribution in [1.29, 1.82) is 0 Å². The summed E-state index contributed by atoms with van der Waals surface area (Å²) in [5.74, 6) is -1.39. The van der Waals surface area contributed by atoms with Crippen LogP contribution < -0.4 is 4.90 Å². The zero-order chi connectivity index (χ0) is 21.6. The van der Waals surface area contributed by atoms with Crippen molar-refractivity contribution in [3.8, 4) is 0 Å². The number of aliphatic hydroxyl groups excluding tert-OH is 1. The van der Waals surface area contributed by atoms with Crippen LogP contribution in [0.5, 0.6) is 0 Å². The van der Waals surface area contributed by atoms with Crippen molar-refractivity contribution in [3.63, 3.8) is 0 Å². The average molecular weight is 487 g/mol. The number of carbonyl (C=O) groups excluding carboxylic acids is 2. The molecule has 7 heteroatoms. The number of ketones is 1. The van der Waals surface area contributed by atoms with Gasteiger partial charge in [-0.1, -0.05) is 33.6 Å². The fourth-order valence-corrected chi connectivity index (χ4v) is 4.11. The number of hydrogen-bond acceptors (Lipinski definition) is 4. The number of hydrogen-bond donors (Lipinski definition) is 1. The van der Waals surface area contributed by atoms with Gasteiger partial charge in [0.05, 0.1) is 11.8 Å². The maximum absolute atomic E-state index is 13.1. The van der Waals surface area contributed by atoms with E-state index < -0.39 is 17.7 Å². The maximum Gasteiger partial charge on any atom is 0.300 e. The quantitative estimate of drug-likeness (QED) is 0.283. The van der Waals surface area contributed by atoms with Crippen LogP contribution in [0.4, 0.5) is 5.69 Å². The van der Waals surface area contributed by atoms with Gasteiger partial charge < -0.3 is 9.52 Å². The molecule has 1 saturated heterocycles. The first-order chi connectivity index (χ1) is 14.3. The lowest BCUT2D eigenvalue weighted by molar-refractivity contribution is -0.132. The molecule has 1 aliphatic rings. The molecule has 1 atom stereocenters. The molecule has 1 aliphatic heterocycles. The minimum absolute atomic E-state index is 0.0222. The van der Waals surface area contributed by atoms with Gasteiger partial charge in [-0.05, 0) is 67.4 Å². The van der Waals surface area contributed by atoms with Gasteiger partial charge in [0.25, 0.3) is 11.7 Å². The molecule has 30 heavy (non-hydrogen) atoms. The summed E-state index contributed by atoms with van der Waals surface area (Å²) in [6, 6.07) is 12.7. The Kier molecular flexibility index (Phi) is 5.30. The second-order valence-electron chi connectivity index (χ2n) is 7.08. The van der Waals surface area contributed by atoms with Crippen LogP contribution in [0.3, 0.4) is 0 Å². The van der Waals surface area contributed by atoms with E-state index in [9.17, 15) is 14.7 Å². The van der Waals surface area contributed by atoms with Crippen molar-refractivity contribution >= 4 is 50.7 Å². The average Bonchev–Trinajstić information content (AvgIpc) is 3.31. The zero-order valence-electron chi connectivity index (χ0n) is 16.1. The predicted molar refractivity (Wildman–Crippen MR) is 119 cm³/mol. The number of benzene rings is 2. The Bertz CT molecular complexity index is 1200. The van der Waals surface area contributed by atoms with Crippen molar-refractivity contribution < 1.29 is 19.1 Å². The molecule has 1 amide bonds. The smallest absolute Gasteiger partial charge is 0.300 e. The first-order valence-corrected chi connectivity index (χ1v) is 10.3. The van der Waals surface area contributed by atoms with E-state index >= 15 is 0 Å². The van der Waals surface area contributed by atoms with Crippen LogP contribution in [0.2, 0.25) is 5.02 Å². The fraction of sp³-hybridized carbons (Fsp3) is 0.130. The molecule has 1 N–H and O–H groups in total. The highest BCUT2D eigenvalue weighted by molar-refractivity contribution is 9.10. The first-order valence-electron chi connectivity index (χ1n) is 9.16. The molecule has 1 unspecified atom stereocenters. The fourth-order valence-electron chi connectivity index (χ4n) is 3.63. The normalized spacial score (nSPS) is 18.3. The number of anilines is 1. The zero-order valence-corrected chi connectivity index (χ0v) is 18.5. The van der Waals surface area contributed by atoms with Crippen LogP contribution in [0.25, 0.3) is 5.76 Å². The number of nitrogens with zero attached hydrogens (tertiary/aromatic N) is 1. The Morgan fingerprint density at radius 1 is 1.10 bits per heavy atom. The van der Waals surface area contributed by atoms with Crippen molar-refractivity contribution in [3.05, 3.63) is 92.3 Å². The molecule has 1 fully saturated rings. The Morgan fingerprint density at radius 3 is 2.50 bits per heavy atom. The topological polar surface area (TPSA) is 70.8 Å². The van der Waals surface area contributed by atoms with Gasteiger partial charge in [0, 0.05) is 20.7 Å². The highest BCUT2D eigenvalue weighted by atomic mass is 79.9. The molecule has 152 valence electrons. The van der Waals surface area contributed by atoms with Gasteiger partial charge in [-0.25, -0.2) is 0 Å². The molecule has 0 aliphatic carbocycles. The summed E-state index contributed by atoms with van der Waals surface area (Å²) >= 11 is 9.50. The molecule has 0 bridgehead atoms. The van der Waals surface area contributed by atoms with Gasteiger partial charge in [0.2, 0.25) is 0 Å². The predicted octanol–water partition coefficient (Wildman–Crippen LogP) is 5.94. The lowest BCUT2D eigenvalue weighted by Crippen LogP contribution is -2.29. The summed E-state index contributed by atoms with van der Waals surface area (Å²) in [5.41, 5.74) is 2.55. The monoisotopic (exact) mass is 485 g/mol. The molecule has 0 saturated carbocycles. The third-order valence-electron chi connectivity index (χ3n) is 5.11. The van der Waals surface area contributed by atoms with Gasteiger partial charge in [0.15, 0.2) is 0 Å². The van der Waals surface area contributed by atoms with Crippen molar-refractivity contribution in [2.45, 2.75) is 19.9 Å². The highest BCUT2D eigenvalue weighted by Crippen LogP contribution is 2.43. The van der Waals surface area contributed by atoms with Gasteiger partial charge in [-0.3, -0.25) is 14.5 Å². The largest absolute Gasteiger partial charge is 0.507 e.